The highest BCUT2D eigenvalue weighted by atomic mass is 32.2. The van der Waals surface area contributed by atoms with Crippen LogP contribution in [0.25, 0.3) is 0 Å². The first-order valence-electron chi connectivity index (χ1n) is 6.68. The Kier molecular flexibility index (Phi) is 5.64. The van der Waals surface area contributed by atoms with Crippen molar-refractivity contribution in [1.82, 2.24) is 0 Å². The second-order valence-corrected chi connectivity index (χ2v) is 13.4. The van der Waals surface area contributed by atoms with Crippen LogP contribution in [0.3, 0.4) is 0 Å². The van der Waals surface area contributed by atoms with Crippen LogP contribution in [0.5, 0.6) is 0 Å². The smallest absolute Gasteiger partial charge is 0.144 e. The topological polar surface area (TPSA) is 35.4 Å². The van der Waals surface area contributed by atoms with Crippen LogP contribution in [-0.4, -0.2) is 23.6 Å². The van der Waals surface area contributed by atoms with Gasteiger partial charge in [0, 0.05) is 11.1 Å². The summed E-state index contributed by atoms with van der Waals surface area (Å²) in [6.07, 6.45) is 1.68. The molecule has 0 radical (unpaired) electrons. The van der Waals surface area contributed by atoms with Gasteiger partial charge < -0.3 is 4.55 Å². The van der Waals surface area contributed by atoms with Crippen LogP contribution in [0.1, 0.15) is 31.9 Å². The molecule has 0 N–H and O–H groups in total. The van der Waals surface area contributed by atoms with Gasteiger partial charge in [0.05, 0.1) is 6.21 Å². The zero-order valence-electron chi connectivity index (χ0n) is 13.2. The lowest BCUT2D eigenvalue weighted by molar-refractivity contribution is 0.562. The maximum atomic E-state index is 12.0. The molecule has 0 aliphatic rings. The van der Waals surface area contributed by atoms with E-state index >= 15 is 0 Å². The molecule has 0 saturated heterocycles. The van der Waals surface area contributed by atoms with Crippen LogP contribution in [0, 0.1) is 11.5 Å². The fourth-order valence-corrected chi connectivity index (χ4v) is 2.28. The molecule has 1 atom stereocenters. The third kappa shape index (κ3) is 5.95. The molecule has 0 aliphatic heterocycles. The first kappa shape index (κ1) is 17.0. The van der Waals surface area contributed by atoms with Gasteiger partial charge in [-0.2, -0.15) is 0 Å². The minimum atomic E-state index is -1.40. The Hall–Kier alpha value is -1.02. The van der Waals surface area contributed by atoms with E-state index in [-0.39, 0.29) is 4.75 Å². The van der Waals surface area contributed by atoms with Gasteiger partial charge in [-0.05, 0) is 26.8 Å². The SMILES string of the molecule is CC(C)(C)[S@+]([O-])N=Cc1ccccc1C#C[Si](C)(C)C. The molecule has 1 aromatic carbocycles. The van der Waals surface area contributed by atoms with Gasteiger partial charge in [-0.3, -0.25) is 0 Å². The second-order valence-electron chi connectivity index (χ2n) is 6.68. The maximum absolute atomic E-state index is 12.0. The molecule has 0 spiro atoms. The van der Waals surface area contributed by atoms with Crippen molar-refractivity contribution < 1.29 is 4.55 Å². The molecule has 1 aromatic rings. The molecule has 0 aromatic heterocycles. The summed E-state index contributed by atoms with van der Waals surface area (Å²) >= 11 is -1.24. The highest BCUT2D eigenvalue weighted by Gasteiger charge is 2.25. The van der Waals surface area contributed by atoms with Gasteiger partial charge in [-0.15, -0.1) is 5.54 Å². The number of benzene rings is 1. The van der Waals surface area contributed by atoms with Crippen LogP contribution in [0.2, 0.25) is 19.6 Å². The predicted molar refractivity (Wildman–Crippen MR) is 92.2 cm³/mol. The second kappa shape index (κ2) is 6.62. The molecule has 108 valence electrons. The summed E-state index contributed by atoms with van der Waals surface area (Å²) in [6.45, 7) is 12.4. The minimum absolute atomic E-state index is 0.338. The van der Waals surface area contributed by atoms with Crippen LogP contribution in [-0.2, 0) is 11.4 Å². The van der Waals surface area contributed by atoms with Gasteiger partial charge in [-0.1, -0.05) is 48.2 Å². The van der Waals surface area contributed by atoms with Crippen molar-refractivity contribution in [3.05, 3.63) is 35.4 Å². The molecular formula is C16H23NOSSi. The number of hydrogen-bond donors (Lipinski definition) is 0. The largest absolute Gasteiger partial charge is 0.591 e. The van der Waals surface area contributed by atoms with Gasteiger partial charge in [0.2, 0.25) is 0 Å². The average Bonchev–Trinajstić information content (AvgIpc) is 2.32. The third-order valence-electron chi connectivity index (χ3n) is 2.34. The first-order chi connectivity index (χ1) is 9.09. The molecule has 0 bridgehead atoms. The molecule has 0 aliphatic carbocycles. The van der Waals surface area contributed by atoms with Gasteiger partial charge in [-0.25, -0.2) is 0 Å². The number of hydrogen-bond acceptors (Lipinski definition) is 2. The van der Waals surface area contributed by atoms with E-state index in [1.54, 1.807) is 6.21 Å². The van der Waals surface area contributed by atoms with E-state index in [2.05, 4.69) is 35.5 Å². The van der Waals surface area contributed by atoms with E-state index in [9.17, 15) is 4.55 Å². The normalized spacial score (nSPS) is 13.9. The molecule has 1 rings (SSSR count). The zero-order chi connectivity index (χ0) is 15.4. The zero-order valence-corrected chi connectivity index (χ0v) is 15.0. The third-order valence-corrected chi connectivity index (χ3v) is 4.56. The molecule has 0 fully saturated rings. The summed E-state index contributed by atoms with van der Waals surface area (Å²) in [6, 6.07) is 7.85. The summed E-state index contributed by atoms with van der Waals surface area (Å²) < 4.78 is 15.8. The summed E-state index contributed by atoms with van der Waals surface area (Å²) in [4.78, 5) is 0. The van der Waals surface area contributed by atoms with E-state index in [4.69, 9.17) is 0 Å². The molecule has 0 amide bonds. The summed E-state index contributed by atoms with van der Waals surface area (Å²) in [5.74, 6) is 3.24. The predicted octanol–water partition coefficient (Wildman–Crippen LogP) is 3.80. The van der Waals surface area contributed by atoms with Crippen molar-refractivity contribution in [3.8, 4) is 11.5 Å². The summed E-state index contributed by atoms with van der Waals surface area (Å²) in [5, 5.41) is 0. The lowest BCUT2D eigenvalue weighted by Gasteiger charge is -2.17. The molecular weight excluding hydrogens is 282 g/mol. The summed E-state index contributed by atoms with van der Waals surface area (Å²) in [7, 11) is -1.40. The van der Waals surface area contributed by atoms with Gasteiger partial charge in [0.15, 0.2) is 0 Å². The quantitative estimate of drug-likeness (QED) is 0.354. The van der Waals surface area contributed by atoms with E-state index in [1.165, 1.54) is 0 Å². The molecule has 0 unspecified atom stereocenters. The van der Waals surface area contributed by atoms with Crippen molar-refractivity contribution in [2.75, 3.05) is 0 Å². The molecule has 2 nitrogen and oxygen atoms in total. The minimum Gasteiger partial charge on any atom is -0.591 e. The lowest BCUT2D eigenvalue weighted by atomic mass is 10.1. The van der Waals surface area contributed by atoms with Gasteiger partial charge >= 0.3 is 0 Å². The Labute approximate surface area is 127 Å². The Balaban J connectivity index is 3.02. The Bertz CT molecular complexity index is 544. The standard InChI is InChI=1S/C16H23NOSSi/c1-16(2,3)19(18)17-13-15-10-8-7-9-14(15)11-12-20(4,5)6/h7-10,13H,1-6H3/t19-/m0/s1. The van der Waals surface area contributed by atoms with E-state index in [0.717, 1.165) is 11.1 Å². The van der Waals surface area contributed by atoms with Crippen molar-refractivity contribution in [2.24, 2.45) is 4.40 Å². The van der Waals surface area contributed by atoms with Gasteiger partial charge in [0.1, 0.15) is 24.2 Å². The molecule has 0 saturated carbocycles. The molecule has 4 heteroatoms. The van der Waals surface area contributed by atoms with Crippen molar-refractivity contribution in [2.45, 2.75) is 45.2 Å². The van der Waals surface area contributed by atoms with E-state index in [0.29, 0.717) is 0 Å². The van der Waals surface area contributed by atoms with Crippen molar-refractivity contribution in [3.63, 3.8) is 0 Å². The number of nitrogens with zero attached hydrogens (tertiary/aromatic N) is 1. The monoisotopic (exact) mass is 305 g/mol. The Morgan fingerprint density at radius 1 is 1.20 bits per heavy atom. The lowest BCUT2D eigenvalue weighted by Crippen LogP contribution is -2.25. The van der Waals surface area contributed by atoms with Crippen LogP contribution >= 0.6 is 0 Å². The van der Waals surface area contributed by atoms with Crippen LogP contribution < -0.4 is 0 Å². The van der Waals surface area contributed by atoms with Crippen LogP contribution in [0.15, 0.2) is 28.7 Å². The van der Waals surface area contributed by atoms with E-state index < -0.39 is 19.4 Å². The molecule has 0 heterocycles. The highest BCUT2D eigenvalue weighted by Crippen LogP contribution is 2.17. The first-order valence-corrected chi connectivity index (χ1v) is 11.3. The average molecular weight is 306 g/mol. The van der Waals surface area contributed by atoms with Crippen molar-refractivity contribution >= 4 is 25.7 Å². The van der Waals surface area contributed by atoms with Crippen molar-refractivity contribution in [1.29, 1.82) is 0 Å². The number of rotatable bonds is 2. The maximum Gasteiger partial charge on any atom is 0.144 e. The molecule has 20 heavy (non-hydrogen) atoms. The van der Waals surface area contributed by atoms with Gasteiger partial charge in [0.25, 0.3) is 0 Å². The van der Waals surface area contributed by atoms with Crippen LogP contribution in [0.4, 0.5) is 0 Å². The highest BCUT2D eigenvalue weighted by molar-refractivity contribution is 7.91. The fourth-order valence-electron chi connectivity index (χ4n) is 1.24. The van der Waals surface area contributed by atoms with E-state index in [1.807, 2.05) is 45.0 Å². The Morgan fingerprint density at radius 3 is 2.35 bits per heavy atom. The summed E-state index contributed by atoms with van der Waals surface area (Å²) in [5.41, 5.74) is 5.22. The Morgan fingerprint density at radius 2 is 1.80 bits per heavy atom. The fraction of sp³-hybridized carbons (Fsp3) is 0.438.